The van der Waals surface area contributed by atoms with E-state index in [9.17, 15) is 13.6 Å². The van der Waals surface area contributed by atoms with Crippen molar-refractivity contribution in [2.24, 2.45) is 0 Å². The molecule has 3 aromatic carbocycles. The number of carbonyl (C=O) groups is 1. The largest absolute Gasteiger partial charge is 0.488 e. The standard InChI is InChI=1S/C23H20F2O3/c1-23(24,25)19-12-13-20(22(26)28-16-18-10-6-3-7-11-18)21(14-19)27-15-17-8-4-2-5-9-17/h2-14H,15-16H2,1H3. The molecule has 0 fully saturated rings. The Labute approximate surface area is 162 Å². The summed E-state index contributed by atoms with van der Waals surface area (Å²) in [4.78, 5) is 12.5. The van der Waals surface area contributed by atoms with Crippen molar-refractivity contribution in [2.45, 2.75) is 26.1 Å². The van der Waals surface area contributed by atoms with Gasteiger partial charge >= 0.3 is 5.97 Å². The minimum atomic E-state index is -3.04. The van der Waals surface area contributed by atoms with Crippen LogP contribution in [0.25, 0.3) is 0 Å². The summed E-state index contributed by atoms with van der Waals surface area (Å²) >= 11 is 0. The van der Waals surface area contributed by atoms with Crippen LogP contribution >= 0.6 is 0 Å². The number of carbonyl (C=O) groups excluding carboxylic acids is 1. The summed E-state index contributed by atoms with van der Waals surface area (Å²) in [6, 6.07) is 22.2. The Morgan fingerprint density at radius 3 is 2.00 bits per heavy atom. The van der Waals surface area contributed by atoms with Crippen LogP contribution in [0, 0.1) is 0 Å². The van der Waals surface area contributed by atoms with E-state index in [1.54, 1.807) is 0 Å². The number of benzene rings is 3. The van der Waals surface area contributed by atoms with E-state index in [0.29, 0.717) is 0 Å². The quantitative estimate of drug-likeness (QED) is 0.489. The second kappa shape index (κ2) is 8.65. The van der Waals surface area contributed by atoms with Gasteiger partial charge in [-0.2, -0.15) is 0 Å². The molecule has 3 rings (SSSR count). The molecule has 5 heteroatoms. The molecule has 0 aliphatic carbocycles. The SMILES string of the molecule is CC(F)(F)c1ccc(C(=O)OCc2ccccc2)c(OCc2ccccc2)c1. The van der Waals surface area contributed by atoms with E-state index >= 15 is 0 Å². The first-order valence-corrected chi connectivity index (χ1v) is 8.83. The van der Waals surface area contributed by atoms with E-state index in [1.165, 1.54) is 18.2 Å². The summed E-state index contributed by atoms with van der Waals surface area (Å²) in [5.74, 6) is -3.60. The molecule has 0 amide bonds. The number of hydrogen-bond acceptors (Lipinski definition) is 3. The Balaban J connectivity index is 1.80. The minimum Gasteiger partial charge on any atom is -0.488 e. The summed E-state index contributed by atoms with van der Waals surface area (Å²) in [7, 11) is 0. The van der Waals surface area contributed by atoms with Gasteiger partial charge in [0.2, 0.25) is 0 Å². The molecule has 0 heterocycles. The van der Waals surface area contributed by atoms with Crippen LogP contribution in [-0.2, 0) is 23.9 Å². The Bertz CT molecular complexity index is 920. The lowest BCUT2D eigenvalue weighted by atomic mass is 10.1. The third kappa shape index (κ3) is 5.16. The predicted molar refractivity (Wildman–Crippen MR) is 102 cm³/mol. The zero-order valence-corrected chi connectivity index (χ0v) is 15.4. The van der Waals surface area contributed by atoms with Gasteiger partial charge in [-0.1, -0.05) is 66.7 Å². The summed E-state index contributed by atoms with van der Waals surface area (Å²) in [5, 5.41) is 0. The second-order valence-corrected chi connectivity index (χ2v) is 6.44. The zero-order chi connectivity index (χ0) is 20.0. The van der Waals surface area contributed by atoms with Crippen molar-refractivity contribution in [2.75, 3.05) is 0 Å². The highest BCUT2D eigenvalue weighted by molar-refractivity contribution is 5.92. The lowest BCUT2D eigenvalue weighted by Gasteiger charge is -2.16. The Hall–Kier alpha value is -3.21. The number of halogens is 2. The van der Waals surface area contributed by atoms with Crippen molar-refractivity contribution in [1.29, 1.82) is 0 Å². The van der Waals surface area contributed by atoms with E-state index in [0.717, 1.165) is 18.1 Å². The van der Waals surface area contributed by atoms with Crippen molar-refractivity contribution in [3.8, 4) is 5.75 Å². The Morgan fingerprint density at radius 1 is 0.857 bits per heavy atom. The normalized spacial score (nSPS) is 11.1. The van der Waals surface area contributed by atoms with E-state index in [4.69, 9.17) is 9.47 Å². The number of alkyl halides is 2. The molecule has 3 aromatic rings. The molecule has 28 heavy (non-hydrogen) atoms. The van der Waals surface area contributed by atoms with Gasteiger partial charge < -0.3 is 9.47 Å². The van der Waals surface area contributed by atoms with Gasteiger partial charge in [-0.05, 0) is 23.3 Å². The maximum Gasteiger partial charge on any atom is 0.342 e. The van der Waals surface area contributed by atoms with E-state index in [2.05, 4.69) is 0 Å². The van der Waals surface area contributed by atoms with Gasteiger partial charge in [-0.25, -0.2) is 13.6 Å². The second-order valence-electron chi connectivity index (χ2n) is 6.44. The van der Waals surface area contributed by atoms with Crippen molar-refractivity contribution >= 4 is 5.97 Å². The average Bonchev–Trinajstić information content (AvgIpc) is 2.71. The van der Waals surface area contributed by atoms with E-state index < -0.39 is 11.9 Å². The third-order valence-electron chi connectivity index (χ3n) is 4.16. The molecule has 0 bridgehead atoms. The summed E-state index contributed by atoms with van der Waals surface area (Å²) in [6.07, 6.45) is 0. The van der Waals surface area contributed by atoms with Crippen LogP contribution in [0.3, 0.4) is 0 Å². The van der Waals surface area contributed by atoms with Crippen LogP contribution in [0.4, 0.5) is 8.78 Å². The van der Waals surface area contributed by atoms with Crippen LogP contribution < -0.4 is 4.74 Å². The lowest BCUT2D eigenvalue weighted by Crippen LogP contribution is -2.12. The molecular formula is C23H20F2O3. The number of hydrogen-bond donors (Lipinski definition) is 0. The van der Waals surface area contributed by atoms with Gasteiger partial charge in [0.15, 0.2) is 0 Å². The summed E-state index contributed by atoms with van der Waals surface area (Å²) < 4.78 is 38.5. The number of rotatable bonds is 7. The predicted octanol–water partition coefficient (Wildman–Crippen LogP) is 5.73. The number of ether oxygens (including phenoxy) is 2. The first-order valence-electron chi connectivity index (χ1n) is 8.83. The zero-order valence-electron chi connectivity index (χ0n) is 15.4. The first-order chi connectivity index (χ1) is 13.4. The van der Waals surface area contributed by atoms with E-state index in [1.807, 2.05) is 60.7 Å². The molecule has 0 spiro atoms. The summed E-state index contributed by atoms with van der Waals surface area (Å²) in [5.41, 5.74) is 1.58. The minimum absolute atomic E-state index is 0.0703. The van der Waals surface area contributed by atoms with Gasteiger partial charge in [0.1, 0.15) is 24.5 Å². The highest BCUT2D eigenvalue weighted by atomic mass is 19.3. The molecule has 0 radical (unpaired) electrons. The van der Waals surface area contributed by atoms with Crippen LogP contribution in [0.15, 0.2) is 78.9 Å². The van der Waals surface area contributed by atoms with Crippen molar-refractivity contribution in [3.05, 3.63) is 101 Å². The molecule has 3 nitrogen and oxygen atoms in total. The molecule has 144 valence electrons. The Morgan fingerprint density at radius 2 is 1.43 bits per heavy atom. The van der Waals surface area contributed by atoms with Crippen molar-refractivity contribution < 1.29 is 23.0 Å². The number of esters is 1. The molecule has 0 unspecified atom stereocenters. The molecule has 0 atom stereocenters. The van der Waals surface area contributed by atoms with Crippen LogP contribution in [-0.4, -0.2) is 5.97 Å². The maximum atomic E-state index is 13.7. The molecule has 0 aliphatic rings. The smallest absolute Gasteiger partial charge is 0.342 e. The molecule has 0 saturated carbocycles. The lowest BCUT2D eigenvalue weighted by molar-refractivity contribution is 0.0170. The fraction of sp³-hybridized carbons (Fsp3) is 0.174. The molecule has 0 N–H and O–H groups in total. The molecule has 0 aliphatic heterocycles. The Kier molecular flexibility index (Phi) is 6.04. The van der Waals surface area contributed by atoms with Crippen LogP contribution in [0.2, 0.25) is 0 Å². The van der Waals surface area contributed by atoms with Gasteiger partial charge in [0.05, 0.1) is 0 Å². The molecule has 0 saturated heterocycles. The highest BCUT2D eigenvalue weighted by Gasteiger charge is 2.27. The van der Waals surface area contributed by atoms with Crippen LogP contribution in [0.1, 0.15) is 34.0 Å². The van der Waals surface area contributed by atoms with Crippen LogP contribution in [0.5, 0.6) is 5.75 Å². The maximum absolute atomic E-state index is 13.7. The molecule has 0 aromatic heterocycles. The topological polar surface area (TPSA) is 35.5 Å². The average molecular weight is 382 g/mol. The first kappa shape index (κ1) is 19.5. The molecular weight excluding hydrogens is 362 g/mol. The fourth-order valence-electron chi connectivity index (χ4n) is 2.62. The van der Waals surface area contributed by atoms with Gasteiger partial charge in [-0.15, -0.1) is 0 Å². The van der Waals surface area contributed by atoms with Gasteiger partial charge in [-0.3, -0.25) is 0 Å². The summed E-state index contributed by atoms with van der Waals surface area (Å²) in [6.45, 7) is 1.04. The fourth-order valence-corrected chi connectivity index (χ4v) is 2.62. The third-order valence-corrected chi connectivity index (χ3v) is 4.16. The van der Waals surface area contributed by atoms with Gasteiger partial charge in [0.25, 0.3) is 5.92 Å². The van der Waals surface area contributed by atoms with E-state index in [-0.39, 0.29) is 30.1 Å². The van der Waals surface area contributed by atoms with Gasteiger partial charge in [0, 0.05) is 12.5 Å². The monoisotopic (exact) mass is 382 g/mol. The highest BCUT2D eigenvalue weighted by Crippen LogP contribution is 2.32. The van der Waals surface area contributed by atoms with Crippen molar-refractivity contribution in [3.63, 3.8) is 0 Å². The van der Waals surface area contributed by atoms with Crippen molar-refractivity contribution in [1.82, 2.24) is 0 Å².